The molecule has 0 aromatic heterocycles. The van der Waals surface area contributed by atoms with Crippen molar-refractivity contribution in [3.05, 3.63) is 64.2 Å². The summed E-state index contributed by atoms with van der Waals surface area (Å²) in [6.45, 7) is 0.0129. The van der Waals surface area contributed by atoms with Crippen molar-refractivity contribution in [1.29, 1.82) is 0 Å². The number of carbonyl (C=O) groups is 2. The molecule has 3 rings (SSSR count). The Morgan fingerprint density at radius 2 is 1.96 bits per heavy atom. The molecule has 0 saturated carbocycles. The van der Waals surface area contributed by atoms with E-state index in [4.69, 9.17) is 21.1 Å². The summed E-state index contributed by atoms with van der Waals surface area (Å²) in [4.78, 5) is 24.2. The van der Waals surface area contributed by atoms with Crippen molar-refractivity contribution in [1.82, 2.24) is 10.6 Å². The number of methoxy groups -OCH3 is 1. The molecule has 1 aliphatic rings. The van der Waals surface area contributed by atoms with Crippen LogP contribution < -0.4 is 15.4 Å². The van der Waals surface area contributed by atoms with Gasteiger partial charge in [0.05, 0.1) is 12.1 Å². The van der Waals surface area contributed by atoms with Crippen molar-refractivity contribution in [3.63, 3.8) is 0 Å². The van der Waals surface area contributed by atoms with Crippen LogP contribution in [-0.4, -0.2) is 31.7 Å². The van der Waals surface area contributed by atoms with Crippen LogP contribution in [0.15, 0.2) is 36.4 Å². The second-order valence-electron chi connectivity index (χ2n) is 6.19. The Morgan fingerprint density at radius 3 is 2.64 bits per heavy atom. The van der Waals surface area contributed by atoms with Crippen molar-refractivity contribution < 1.29 is 27.8 Å². The van der Waals surface area contributed by atoms with Crippen LogP contribution in [0.3, 0.4) is 0 Å². The lowest BCUT2D eigenvalue weighted by Crippen LogP contribution is -2.43. The largest absolute Gasteiger partial charge is 0.497 e. The minimum atomic E-state index is -1.10. The number of amides is 2. The minimum absolute atomic E-state index is 0.0290. The second-order valence-corrected chi connectivity index (χ2v) is 6.59. The van der Waals surface area contributed by atoms with Crippen molar-refractivity contribution in [2.45, 2.75) is 18.6 Å². The van der Waals surface area contributed by atoms with E-state index in [1.807, 2.05) is 0 Å². The van der Waals surface area contributed by atoms with Gasteiger partial charge >= 0.3 is 6.09 Å². The first-order valence-corrected chi connectivity index (χ1v) is 8.75. The monoisotopic (exact) mass is 410 g/mol. The van der Waals surface area contributed by atoms with E-state index >= 15 is 0 Å². The highest BCUT2D eigenvalue weighted by atomic mass is 35.5. The van der Waals surface area contributed by atoms with E-state index in [-0.39, 0.29) is 23.7 Å². The van der Waals surface area contributed by atoms with Gasteiger partial charge in [-0.05, 0) is 35.4 Å². The molecule has 0 spiro atoms. The second kappa shape index (κ2) is 8.43. The molecule has 2 aromatic carbocycles. The van der Waals surface area contributed by atoms with Crippen LogP contribution in [0.4, 0.5) is 13.6 Å². The molecule has 0 aliphatic carbocycles. The molecule has 6 nitrogen and oxygen atoms in total. The summed E-state index contributed by atoms with van der Waals surface area (Å²) in [5, 5.41) is 4.58. The van der Waals surface area contributed by atoms with Gasteiger partial charge in [-0.2, -0.15) is 0 Å². The molecular weight excluding hydrogens is 394 g/mol. The zero-order chi connectivity index (χ0) is 20.3. The predicted molar refractivity (Wildman–Crippen MR) is 97.2 cm³/mol. The first-order chi connectivity index (χ1) is 13.4. The van der Waals surface area contributed by atoms with Crippen LogP contribution in [0.5, 0.6) is 5.75 Å². The fourth-order valence-electron chi connectivity index (χ4n) is 2.94. The van der Waals surface area contributed by atoms with Crippen LogP contribution in [0.25, 0.3) is 0 Å². The topological polar surface area (TPSA) is 76.7 Å². The quantitative estimate of drug-likeness (QED) is 0.742. The fourth-order valence-corrected chi connectivity index (χ4v) is 3.09. The summed E-state index contributed by atoms with van der Waals surface area (Å²) in [7, 11) is 1.54. The SMILES string of the molecule is COc1ccc(COC(=O)N[C@@H]2C(=O)NC[C@H]2c2cc(F)c(Cl)cc2F)cc1. The van der Waals surface area contributed by atoms with Gasteiger partial charge in [0.25, 0.3) is 0 Å². The lowest BCUT2D eigenvalue weighted by atomic mass is 9.93. The van der Waals surface area contributed by atoms with E-state index in [2.05, 4.69) is 10.6 Å². The van der Waals surface area contributed by atoms with Crippen molar-refractivity contribution >= 4 is 23.6 Å². The number of hydrogen-bond donors (Lipinski definition) is 2. The first kappa shape index (κ1) is 19.9. The minimum Gasteiger partial charge on any atom is -0.497 e. The van der Waals surface area contributed by atoms with Gasteiger partial charge in [0, 0.05) is 12.5 Å². The molecule has 0 bridgehead atoms. The third kappa shape index (κ3) is 4.33. The summed E-state index contributed by atoms with van der Waals surface area (Å²) < 4.78 is 38.1. The molecule has 148 valence electrons. The lowest BCUT2D eigenvalue weighted by molar-refractivity contribution is -0.120. The molecule has 0 radical (unpaired) electrons. The summed E-state index contributed by atoms with van der Waals surface area (Å²) in [6, 6.07) is 7.56. The van der Waals surface area contributed by atoms with Crippen LogP contribution >= 0.6 is 11.6 Å². The molecule has 0 unspecified atom stereocenters. The maximum atomic E-state index is 14.2. The van der Waals surface area contributed by atoms with Crippen molar-refractivity contribution in [2.75, 3.05) is 13.7 Å². The van der Waals surface area contributed by atoms with Crippen molar-refractivity contribution in [3.8, 4) is 5.75 Å². The third-order valence-electron chi connectivity index (χ3n) is 4.42. The Balaban J connectivity index is 1.66. The molecule has 2 atom stereocenters. The number of hydrogen-bond acceptors (Lipinski definition) is 4. The smallest absolute Gasteiger partial charge is 0.408 e. The zero-order valence-electron chi connectivity index (χ0n) is 14.8. The molecule has 2 aromatic rings. The number of ether oxygens (including phenoxy) is 2. The van der Waals surface area contributed by atoms with Crippen LogP contribution in [0.2, 0.25) is 5.02 Å². The average molecular weight is 411 g/mol. The highest BCUT2D eigenvalue weighted by Crippen LogP contribution is 2.29. The van der Waals surface area contributed by atoms with Gasteiger partial charge in [0.2, 0.25) is 5.91 Å². The van der Waals surface area contributed by atoms with Gasteiger partial charge in [-0.1, -0.05) is 23.7 Å². The lowest BCUT2D eigenvalue weighted by Gasteiger charge is -2.19. The number of benzene rings is 2. The summed E-state index contributed by atoms with van der Waals surface area (Å²) in [6.07, 6.45) is -0.849. The maximum absolute atomic E-state index is 14.2. The molecular formula is C19H17ClF2N2O4. The van der Waals surface area contributed by atoms with Gasteiger partial charge in [0.1, 0.15) is 30.0 Å². The standard InChI is InChI=1S/C19H17ClF2N2O4/c1-27-11-4-2-10(3-5-11)9-28-19(26)24-17-13(8-23-18(17)25)12-6-16(22)14(20)7-15(12)21/h2-7,13,17H,8-9H2,1H3,(H,23,25)(H,24,26)/t13-,17-/m0/s1. The van der Waals surface area contributed by atoms with Gasteiger partial charge in [0.15, 0.2) is 0 Å². The van der Waals surface area contributed by atoms with Gasteiger partial charge in [-0.15, -0.1) is 0 Å². The van der Waals surface area contributed by atoms with E-state index in [0.717, 1.165) is 12.1 Å². The predicted octanol–water partition coefficient (Wildman–Crippen LogP) is 3.14. The summed E-state index contributed by atoms with van der Waals surface area (Å²) >= 11 is 5.57. The third-order valence-corrected chi connectivity index (χ3v) is 4.71. The highest BCUT2D eigenvalue weighted by molar-refractivity contribution is 6.30. The molecule has 2 amide bonds. The zero-order valence-corrected chi connectivity index (χ0v) is 15.6. The number of nitrogens with one attached hydrogen (secondary N) is 2. The first-order valence-electron chi connectivity index (χ1n) is 8.37. The molecule has 9 heteroatoms. The van der Waals surface area contributed by atoms with E-state index in [1.165, 1.54) is 7.11 Å². The van der Waals surface area contributed by atoms with E-state index < -0.39 is 35.6 Å². The Hall–Kier alpha value is -2.87. The maximum Gasteiger partial charge on any atom is 0.408 e. The van der Waals surface area contributed by atoms with Crippen LogP contribution in [0, 0.1) is 11.6 Å². The number of rotatable bonds is 5. The van der Waals surface area contributed by atoms with Crippen LogP contribution in [-0.2, 0) is 16.1 Å². The van der Waals surface area contributed by atoms with Gasteiger partial charge in [-0.3, -0.25) is 4.79 Å². The molecule has 28 heavy (non-hydrogen) atoms. The summed E-state index contributed by atoms with van der Waals surface area (Å²) in [5.74, 6) is -2.21. The normalized spacial score (nSPS) is 18.5. The van der Waals surface area contributed by atoms with Crippen molar-refractivity contribution in [2.24, 2.45) is 0 Å². The fraction of sp³-hybridized carbons (Fsp3) is 0.263. The molecule has 2 N–H and O–H groups in total. The van der Waals surface area contributed by atoms with E-state index in [1.54, 1.807) is 24.3 Å². The highest BCUT2D eigenvalue weighted by Gasteiger charge is 2.39. The Bertz CT molecular complexity index is 892. The van der Waals surface area contributed by atoms with Gasteiger partial charge < -0.3 is 20.1 Å². The Morgan fingerprint density at radius 1 is 1.25 bits per heavy atom. The van der Waals surface area contributed by atoms with Gasteiger partial charge in [-0.25, -0.2) is 13.6 Å². The molecule has 1 heterocycles. The summed E-state index contributed by atoms with van der Waals surface area (Å²) in [5.41, 5.74) is 0.662. The van der Waals surface area contributed by atoms with Crippen LogP contribution in [0.1, 0.15) is 17.0 Å². The number of carbonyl (C=O) groups excluding carboxylic acids is 2. The Labute approximate surface area is 164 Å². The number of halogens is 3. The molecule has 1 saturated heterocycles. The Kier molecular flexibility index (Phi) is 5.99. The van der Waals surface area contributed by atoms with E-state index in [0.29, 0.717) is 11.3 Å². The average Bonchev–Trinajstić information content (AvgIpc) is 3.03. The van der Waals surface area contributed by atoms with E-state index in [9.17, 15) is 18.4 Å². The number of alkyl carbamates (subject to hydrolysis) is 1. The molecule has 1 fully saturated rings. The molecule has 1 aliphatic heterocycles.